The van der Waals surface area contributed by atoms with Crippen LogP contribution < -0.4 is 5.32 Å². The van der Waals surface area contributed by atoms with Crippen LogP contribution in [-0.2, 0) is 11.3 Å². The normalized spacial score (nSPS) is 13.0. The van der Waals surface area contributed by atoms with E-state index in [1.165, 1.54) is 17.7 Å². The van der Waals surface area contributed by atoms with E-state index in [1.807, 2.05) is 37.3 Å². The van der Waals surface area contributed by atoms with E-state index in [9.17, 15) is 4.39 Å². The first-order valence-electron chi connectivity index (χ1n) is 8.54. The zero-order chi connectivity index (χ0) is 18.8. The highest BCUT2D eigenvalue weighted by atomic mass is 19.1. The van der Waals surface area contributed by atoms with Crippen LogP contribution in [0.1, 0.15) is 25.0 Å². The number of aliphatic imine (C=N–C) groups is 1. The minimum absolute atomic E-state index is 0.226. The number of rotatable bonds is 8. The number of halogens is 1. The number of hydrogen-bond acceptors (Lipinski definition) is 3. The Balaban J connectivity index is 1.93. The maximum Gasteiger partial charge on any atom is 0.139 e. The Hall–Kier alpha value is -2.72. The predicted octanol–water partition coefficient (Wildman–Crippen LogP) is 4.97. The molecule has 0 aliphatic rings. The molecule has 0 spiro atoms. The van der Waals surface area contributed by atoms with Crippen LogP contribution in [0.5, 0.6) is 0 Å². The van der Waals surface area contributed by atoms with Gasteiger partial charge in [0.05, 0.1) is 19.5 Å². The van der Waals surface area contributed by atoms with Gasteiger partial charge < -0.3 is 4.74 Å². The molecule has 0 fully saturated rings. The third kappa shape index (κ3) is 6.30. The first-order valence-corrected chi connectivity index (χ1v) is 8.54. The molecule has 0 radical (unpaired) electrons. The van der Waals surface area contributed by atoms with Gasteiger partial charge >= 0.3 is 0 Å². The molecule has 26 heavy (non-hydrogen) atoms. The van der Waals surface area contributed by atoms with Crippen LogP contribution in [-0.4, -0.2) is 19.5 Å². The minimum atomic E-state index is -0.226. The van der Waals surface area contributed by atoms with Gasteiger partial charge in [0.2, 0.25) is 0 Å². The summed E-state index contributed by atoms with van der Waals surface area (Å²) in [5.74, 6) is 0.500. The fourth-order valence-electron chi connectivity index (χ4n) is 2.39. The molecule has 2 aromatic carbocycles. The summed E-state index contributed by atoms with van der Waals surface area (Å²) in [6.07, 6.45) is 3.96. The molecule has 4 heteroatoms. The number of methoxy groups -OCH3 is 1. The lowest BCUT2D eigenvalue weighted by Gasteiger charge is -2.07. The van der Waals surface area contributed by atoms with Gasteiger partial charge in [0.25, 0.3) is 0 Å². The lowest BCUT2D eigenvalue weighted by atomic mass is 10.1. The summed E-state index contributed by atoms with van der Waals surface area (Å²) in [7, 11) is 1.64. The van der Waals surface area contributed by atoms with Crippen molar-refractivity contribution < 1.29 is 9.13 Å². The van der Waals surface area contributed by atoms with Crippen LogP contribution in [0.15, 0.2) is 77.5 Å². The largest absolute Gasteiger partial charge is 0.495 e. The van der Waals surface area contributed by atoms with Gasteiger partial charge in [0.1, 0.15) is 11.6 Å². The standard InChI is InChI=1S/C22H25FN2O/c1-17(20-7-5-4-6-8-20)9-14-22(26-3)18(2)25-16-24-15-19-10-12-21(23)13-11-19/h4-14,24H,15-16H2,1-3H3/b17-9+,22-14+,25-18+. The average molecular weight is 352 g/mol. The topological polar surface area (TPSA) is 33.6 Å². The number of nitrogens with one attached hydrogen (secondary N) is 1. The fraction of sp³-hybridized carbons (Fsp3) is 0.227. The summed E-state index contributed by atoms with van der Waals surface area (Å²) in [6, 6.07) is 16.6. The molecule has 0 atom stereocenters. The highest BCUT2D eigenvalue weighted by molar-refractivity contribution is 5.96. The number of benzene rings is 2. The number of ether oxygens (including phenoxy) is 1. The van der Waals surface area contributed by atoms with Crippen LogP contribution in [0.25, 0.3) is 5.57 Å². The Labute approximate surface area is 154 Å². The second-order valence-corrected chi connectivity index (χ2v) is 5.91. The van der Waals surface area contributed by atoms with Gasteiger partial charge in [-0.3, -0.25) is 10.3 Å². The molecule has 0 saturated carbocycles. The van der Waals surface area contributed by atoms with E-state index < -0.39 is 0 Å². The van der Waals surface area contributed by atoms with Gasteiger partial charge in [-0.15, -0.1) is 0 Å². The maximum atomic E-state index is 12.9. The fourth-order valence-corrected chi connectivity index (χ4v) is 2.39. The van der Waals surface area contributed by atoms with Crippen LogP contribution in [0.2, 0.25) is 0 Å². The Bertz CT molecular complexity index is 778. The van der Waals surface area contributed by atoms with Gasteiger partial charge in [0, 0.05) is 6.54 Å². The zero-order valence-electron chi connectivity index (χ0n) is 15.5. The molecule has 0 aliphatic heterocycles. The van der Waals surface area contributed by atoms with Crippen molar-refractivity contribution in [2.75, 3.05) is 13.8 Å². The van der Waals surface area contributed by atoms with Crippen molar-refractivity contribution in [2.45, 2.75) is 20.4 Å². The van der Waals surface area contributed by atoms with Gasteiger partial charge in [0.15, 0.2) is 0 Å². The lowest BCUT2D eigenvalue weighted by molar-refractivity contribution is 0.314. The van der Waals surface area contributed by atoms with E-state index in [0.717, 1.165) is 22.6 Å². The second kappa shape index (κ2) is 10.3. The van der Waals surface area contributed by atoms with Crippen molar-refractivity contribution >= 4 is 11.3 Å². The van der Waals surface area contributed by atoms with E-state index >= 15 is 0 Å². The summed E-state index contributed by atoms with van der Waals surface area (Å²) >= 11 is 0. The summed E-state index contributed by atoms with van der Waals surface area (Å²) < 4.78 is 18.3. The van der Waals surface area contributed by atoms with Gasteiger partial charge in [-0.05, 0) is 48.8 Å². The summed E-state index contributed by atoms with van der Waals surface area (Å²) in [4.78, 5) is 4.49. The third-order valence-electron chi connectivity index (χ3n) is 3.96. The van der Waals surface area contributed by atoms with E-state index in [2.05, 4.69) is 29.4 Å². The molecule has 0 unspecified atom stereocenters. The van der Waals surface area contributed by atoms with Gasteiger partial charge in [-0.1, -0.05) is 48.5 Å². The molecule has 2 rings (SSSR count). The smallest absolute Gasteiger partial charge is 0.139 e. The second-order valence-electron chi connectivity index (χ2n) is 5.91. The predicted molar refractivity (Wildman–Crippen MR) is 106 cm³/mol. The van der Waals surface area contributed by atoms with Crippen molar-refractivity contribution in [1.29, 1.82) is 0 Å². The Morgan fingerprint density at radius 2 is 1.73 bits per heavy atom. The molecule has 0 bridgehead atoms. The molecular formula is C22H25FN2O. The van der Waals surface area contributed by atoms with Crippen molar-refractivity contribution in [1.82, 2.24) is 5.32 Å². The van der Waals surface area contributed by atoms with E-state index in [-0.39, 0.29) is 5.82 Å². The highest BCUT2D eigenvalue weighted by Gasteiger charge is 2.01. The molecule has 0 amide bonds. The number of nitrogens with zero attached hydrogens (tertiary/aromatic N) is 1. The molecular weight excluding hydrogens is 327 g/mol. The summed E-state index contributed by atoms with van der Waals surface area (Å²) in [6.45, 7) is 5.08. The van der Waals surface area contributed by atoms with E-state index in [0.29, 0.717) is 13.2 Å². The minimum Gasteiger partial charge on any atom is -0.495 e. The Morgan fingerprint density at radius 3 is 2.38 bits per heavy atom. The van der Waals surface area contributed by atoms with E-state index in [1.54, 1.807) is 19.2 Å². The van der Waals surface area contributed by atoms with Gasteiger partial charge in [-0.25, -0.2) is 4.39 Å². The first-order chi connectivity index (χ1) is 12.6. The summed E-state index contributed by atoms with van der Waals surface area (Å²) in [5.41, 5.74) is 4.16. The molecule has 136 valence electrons. The van der Waals surface area contributed by atoms with Crippen LogP contribution in [0.4, 0.5) is 4.39 Å². The molecule has 0 aromatic heterocycles. The SMILES string of the molecule is COC(=C/C=C(\C)c1ccccc1)/C(C)=N/CNCc1ccc(F)cc1. The molecule has 0 saturated heterocycles. The quantitative estimate of drug-likeness (QED) is 0.315. The highest BCUT2D eigenvalue weighted by Crippen LogP contribution is 2.13. The van der Waals surface area contributed by atoms with Crippen molar-refractivity contribution in [3.8, 4) is 0 Å². The van der Waals surface area contributed by atoms with Gasteiger partial charge in [-0.2, -0.15) is 0 Å². The average Bonchev–Trinajstić information content (AvgIpc) is 2.67. The first kappa shape index (κ1) is 19.6. The molecule has 0 heterocycles. The molecule has 3 nitrogen and oxygen atoms in total. The van der Waals surface area contributed by atoms with Crippen LogP contribution in [0, 0.1) is 5.82 Å². The Kier molecular flexibility index (Phi) is 7.77. The van der Waals surface area contributed by atoms with Crippen molar-refractivity contribution in [2.24, 2.45) is 4.99 Å². The van der Waals surface area contributed by atoms with Crippen LogP contribution >= 0.6 is 0 Å². The maximum absolute atomic E-state index is 12.9. The zero-order valence-corrected chi connectivity index (χ0v) is 15.5. The van der Waals surface area contributed by atoms with Crippen molar-refractivity contribution in [3.63, 3.8) is 0 Å². The molecule has 2 aromatic rings. The third-order valence-corrected chi connectivity index (χ3v) is 3.96. The molecule has 1 N–H and O–H groups in total. The van der Waals surface area contributed by atoms with Crippen LogP contribution in [0.3, 0.4) is 0 Å². The van der Waals surface area contributed by atoms with Crippen molar-refractivity contribution in [3.05, 3.63) is 89.5 Å². The molecule has 0 aliphatic carbocycles. The number of hydrogen-bond donors (Lipinski definition) is 1. The summed E-state index contributed by atoms with van der Waals surface area (Å²) in [5, 5.41) is 3.21. The van der Waals surface area contributed by atoms with E-state index in [4.69, 9.17) is 4.74 Å². The number of allylic oxidation sites excluding steroid dienone is 4. The Morgan fingerprint density at radius 1 is 1.04 bits per heavy atom. The monoisotopic (exact) mass is 352 g/mol. The lowest BCUT2D eigenvalue weighted by Crippen LogP contribution is -2.15.